The van der Waals surface area contributed by atoms with Crippen LogP contribution in [0, 0.1) is 46.3 Å². The third-order valence-electron chi connectivity index (χ3n) is 11.9. The molecule has 5 aliphatic rings. The maximum atomic E-state index is 12.3. The number of carbonyl (C=O) groups excluding carboxylic acids is 2. The summed E-state index contributed by atoms with van der Waals surface area (Å²) in [5.41, 5.74) is -0.146. The summed E-state index contributed by atoms with van der Waals surface area (Å²) in [6.07, 6.45) is 11.4. The maximum Gasteiger partial charge on any atom is 0.303 e. The van der Waals surface area contributed by atoms with Gasteiger partial charge in [0.25, 0.3) is 0 Å². The molecule has 0 aromatic rings. The molecule has 0 aromatic carbocycles. The van der Waals surface area contributed by atoms with E-state index in [0.29, 0.717) is 23.2 Å². The van der Waals surface area contributed by atoms with Crippen molar-refractivity contribution in [3.8, 4) is 0 Å². The lowest BCUT2D eigenvalue weighted by molar-refractivity contribution is -0.190. The average molecular weight is 503 g/mol. The summed E-state index contributed by atoms with van der Waals surface area (Å²) in [6.45, 7) is 15.2. The Morgan fingerprint density at radius 3 is 2.31 bits per heavy atom. The van der Waals surface area contributed by atoms with Crippen LogP contribution < -0.4 is 0 Å². The van der Waals surface area contributed by atoms with Crippen molar-refractivity contribution in [2.24, 2.45) is 46.3 Å². The van der Waals surface area contributed by atoms with Crippen molar-refractivity contribution in [2.75, 3.05) is 0 Å². The number of hydrogen-bond acceptors (Lipinski definition) is 5. The highest BCUT2D eigenvalue weighted by molar-refractivity contribution is 5.67. The molecule has 36 heavy (non-hydrogen) atoms. The Morgan fingerprint density at radius 1 is 0.917 bits per heavy atom. The molecule has 5 fully saturated rings. The van der Waals surface area contributed by atoms with Crippen molar-refractivity contribution in [1.29, 1.82) is 0 Å². The van der Waals surface area contributed by atoms with Crippen LogP contribution in [0.2, 0.25) is 0 Å². The molecule has 1 spiro atoms. The highest BCUT2D eigenvalue weighted by Crippen LogP contribution is 2.74. The third-order valence-corrected chi connectivity index (χ3v) is 11.9. The van der Waals surface area contributed by atoms with Crippen molar-refractivity contribution in [1.82, 2.24) is 0 Å². The minimum Gasteiger partial charge on any atom is -0.460 e. The standard InChI is InChI=1S/C31H50O5/c1-18(2)9-8-10-19(3)23-11-12-24-22-17-27(35-21(5)33)31-28(36-31)26(34-20(4)32)14-16-30(31,7)25(22)13-15-29(23,24)6/h18-19,22-28H,8-17H2,1-7H3/t19-,22+,23-,24-,25-,26+,27-,28-,29-,30-,31-/m1/s1. The summed E-state index contributed by atoms with van der Waals surface area (Å²) in [6, 6.07) is 0. The minimum atomic E-state index is -0.492. The van der Waals surface area contributed by atoms with Gasteiger partial charge in [-0.3, -0.25) is 9.59 Å². The van der Waals surface area contributed by atoms with E-state index < -0.39 is 5.60 Å². The number of rotatable bonds is 7. The maximum absolute atomic E-state index is 12.3. The van der Waals surface area contributed by atoms with E-state index in [9.17, 15) is 9.59 Å². The molecule has 5 rings (SSSR count). The van der Waals surface area contributed by atoms with Gasteiger partial charge in [0.2, 0.25) is 0 Å². The van der Waals surface area contributed by atoms with Crippen LogP contribution in [0.4, 0.5) is 0 Å². The van der Waals surface area contributed by atoms with Crippen LogP contribution in [0.1, 0.15) is 113 Å². The summed E-state index contributed by atoms with van der Waals surface area (Å²) in [7, 11) is 0. The highest BCUT2D eigenvalue weighted by Gasteiger charge is 2.81. The number of fused-ring (bicyclic) bond motifs is 4. The molecule has 0 amide bonds. The molecule has 1 aliphatic heterocycles. The SMILES string of the molecule is CC(=O)O[C@H]1CC[C@]2(C)[C@@H]3CC[C@@]4(C)[C@H](CC[C@@H]4[C@H](C)CCCC(C)C)[C@@H]3C[C@@H](OC(C)=O)[C@]23O[C@H]13. The quantitative estimate of drug-likeness (QED) is 0.286. The smallest absolute Gasteiger partial charge is 0.303 e. The van der Waals surface area contributed by atoms with E-state index in [1.807, 2.05) is 0 Å². The fraction of sp³-hybridized carbons (Fsp3) is 0.935. The van der Waals surface area contributed by atoms with Gasteiger partial charge < -0.3 is 14.2 Å². The monoisotopic (exact) mass is 502 g/mol. The zero-order chi connectivity index (χ0) is 26.0. The van der Waals surface area contributed by atoms with E-state index in [4.69, 9.17) is 14.2 Å². The average Bonchev–Trinajstić information content (AvgIpc) is 3.45. The highest BCUT2D eigenvalue weighted by atomic mass is 16.7. The van der Waals surface area contributed by atoms with Crippen LogP contribution in [-0.2, 0) is 23.8 Å². The number of epoxide rings is 1. The Balaban J connectivity index is 1.39. The molecule has 1 heterocycles. The molecular weight excluding hydrogens is 452 g/mol. The van der Waals surface area contributed by atoms with Crippen molar-refractivity contribution < 1.29 is 23.8 Å². The lowest BCUT2D eigenvalue weighted by Crippen LogP contribution is -2.64. The van der Waals surface area contributed by atoms with E-state index in [2.05, 4.69) is 34.6 Å². The van der Waals surface area contributed by atoms with Crippen molar-refractivity contribution in [3.63, 3.8) is 0 Å². The molecule has 5 nitrogen and oxygen atoms in total. The van der Waals surface area contributed by atoms with Crippen LogP contribution in [-0.4, -0.2) is 35.9 Å². The molecule has 0 N–H and O–H groups in total. The van der Waals surface area contributed by atoms with Gasteiger partial charge in [0.15, 0.2) is 0 Å². The van der Waals surface area contributed by atoms with Crippen molar-refractivity contribution in [3.05, 3.63) is 0 Å². The number of carbonyl (C=O) groups is 2. The minimum absolute atomic E-state index is 0.0420. The summed E-state index contributed by atoms with van der Waals surface area (Å²) in [4.78, 5) is 24.1. The topological polar surface area (TPSA) is 65.1 Å². The Bertz CT molecular complexity index is 869. The predicted molar refractivity (Wildman–Crippen MR) is 139 cm³/mol. The van der Waals surface area contributed by atoms with Crippen molar-refractivity contribution >= 4 is 11.9 Å². The molecular formula is C31H50O5. The fourth-order valence-corrected chi connectivity index (χ4v) is 10.4. The summed E-state index contributed by atoms with van der Waals surface area (Å²) in [5, 5.41) is 0. The molecule has 0 bridgehead atoms. The van der Waals surface area contributed by atoms with Crippen LogP contribution in [0.25, 0.3) is 0 Å². The van der Waals surface area contributed by atoms with Crippen LogP contribution >= 0.6 is 0 Å². The zero-order valence-electron chi connectivity index (χ0n) is 23.8. The Morgan fingerprint density at radius 2 is 1.64 bits per heavy atom. The van der Waals surface area contributed by atoms with E-state index in [1.165, 1.54) is 58.8 Å². The van der Waals surface area contributed by atoms with Crippen LogP contribution in [0.15, 0.2) is 0 Å². The van der Waals surface area contributed by atoms with Gasteiger partial charge >= 0.3 is 11.9 Å². The van der Waals surface area contributed by atoms with E-state index in [-0.39, 0.29) is 35.7 Å². The molecule has 0 unspecified atom stereocenters. The van der Waals surface area contributed by atoms with Gasteiger partial charge in [-0.25, -0.2) is 0 Å². The summed E-state index contributed by atoms with van der Waals surface area (Å²) in [5.74, 6) is 3.76. The lowest BCUT2D eigenvalue weighted by atomic mass is 9.43. The molecule has 4 aliphatic carbocycles. The molecule has 1 saturated heterocycles. The predicted octanol–water partition coefficient (Wildman–Crippen LogP) is 6.71. The van der Waals surface area contributed by atoms with E-state index in [0.717, 1.165) is 37.0 Å². The first-order valence-corrected chi connectivity index (χ1v) is 15.0. The fourth-order valence-electron chi connectivity index (χ4n) is 10.4. The van der Waals surface area contributed by atoms with E-state index >= 15 is 0 Å². The van der Waals surface area contributed by atoms with Gasteiger partial charge in [0, 0.05) is 19.3 Å². The number of ether oxygens (including phenoxy) is 3. The molecule has 11 atom stereocenters. The Labute approximate surface area is 218 Å². The summed E-state index contributed by atoms with van der Waals surface area (Å²) >= 11 is 0. The molecule has 4 saturated carbocycles. The molecule has 5 heteroatoms. The second-order valence-electron chi connectivity index (χ2n) is 14.2. The van der Waals surface area contributed by atoms with Gasteiger partial charge in [-0.2, -0.15) is 0 Å². The second-order valence-corrected chi connectivity index (χ2v) is 14.2. The van der Waals surface area contributed by atoms with Gasteiger partial charge in [0.1, 0.15) is 23.9 Å². The largest absolute Gasteiger partial charge is 0.460 e. The first-order valence-electron chi connectivity index (χ1n) is 15.0. The first kappa shape index (κ1) is 26.5. The lowest BCUT2D eigenvalue weighted by Gasteiger charge is -2.61. The van der Waals surface area contributed by atoms with Crippen molar-refractivity contribution in [2.45, 2.75) is 137 Å². The van der Waals surface area contributed by atoms with Crippen LogP contribution in [0.3, 0.4) is 0 Å². The first-order chi connectivity index (χ1) is 16.9. The van der Waals surface area contributed by atoms with E-state index in [1.54, 1.807) is 0 Å². The number of hydrogen-bond donors (Lipinski definition) is 0. The Kier molecular flexibility index (Phi) is 6.83. The normalized spacial score (nSPS) is 47.7. The third kappa shape index (κ3) is 3.96. The molecule has 0 aromatic heterocycles. The van der Waals surface area contributed by atoms with Gasteiger partial charge in [-0.05, 0) is 85.9 Å². The summed E-state index contributed by atoms with van der Waals surface area (Å²) < 4.78 is 18.3. The van der Waals surface area contributed by atoms with Gasteiger partial charge in [-0.1, -0.05) is 53.9 Å². The van der Waals surface area contributed by atoms with Crippen LogP contribution in [0.5, 0.6) is 0 Å². The van der Waals surface area contributed by atoms with Gasteiger partial charge in [0.05, 0.1) is 0 Å². The zero-order valence-corrected chi connectivity index (χ0v) is 23.8. The molecule has 0 radical (unpaired) electrons. The molecule has 204 valence electrons. The Hall–Kier alpha value is -1.10. The van der Waals surface area contributed by atoms with Gasteiger partial charge in [-0.15, -0.1) is 0 Å². The second kappa shape index (κ2) is 9.27. The number of esters is 2.